The Labute approximate surface area is 123 Å². The van der Waals surface area contributed by atoms with Gasteiger partial charge in [0, 0.05) is 12.8 Å². The Hall–Kier alpha value is -2.65. The van der Waals surface area contributed by atoms with Gasteiger partial charge in [-0.25, -0.2) is 14.6 Å². The van der Waals surface area contributed by atoms with Gasteiger partial charge in [-0.3, -0.25) is 9.59 Å². The van der Waals surface area contributed by atoms with Crippen molar-refractivity contribution < 1.29 is 39.6 Å². The predicted octanol–water partition coefficient (Wildman–Crippen LogP) is -0.882. The third-order valence-electron chi connectivity index (χ3n) is 2.65. The Kier molecular flexibility index (Phi) is 5.84. The summed E-state index contributed by atoms with van der Waals surface area (Å²) in [5, 5.41) is 35.2. The largest absolute Gasteiger partial charge is 0.479 e. The summed E-state index contributed by atoms with van der Waals surface area (Å²) >= 11 is 0. The SMILES string of the molecule is O=C(CC(O)C(=O)O)c1cccc(C(=O)CC(O)C(=O)O)n1. The van der Waals surface area contributed by atoms with Crippen molar-refractivity contribution in [3.05, 3.63) is 29.6 Å². The van der Waals surface area contributed by atoms with E-state index in [1.54, 1.807) is 0 Å². The van der Waals surface area contributed by atoms with Crippen LogP contribution in [0.25, 0.3) is 0 Å². The number of aliphatic hydroxyl groups is 2. The number of hydrogen-bond acceptors (Lipinski definition) is 7. The molecule has 1 aromatic heterocycles. The Bertz CT molecular complexity index is 563. The minimum atomic E-state index is -1.89. The third-order valence-corrected chi connectivity index (χ3v) is 2.65. The van der Waals surface area contributed by atoms with Crippen LogP contribution in [-0.4, -0.2) is 61.1 Å². The molecule has 1 rings (SSSR count). The van der Waals surface area contributed by atoms with Gasteiger partial charge in [0.1, 0.15) is 11.4 Å². The Balaban J connectivity index is 2.85. The van der Waals surface area contributed by atoms with Gasteiger partial charge in [-0.1, -0.05) is 6.07 Å². The van der Waals surface area contributed by atoms with Crippen molar-refractivity contribution in [1.29, 1.82) is 0 Å². The summed E-state index contributed by atoms with van der Waals surface area (Å²) in [6.07, 6.45) is -5.19. The zero-order valence-electron chi connectivity index (χ0n) is 11.2. The van der Waals surface area contributed by atoms with Crippen molar-refractivity contribution in [2.45, 2.75) is 25.0 Å². The molecule has 0 radical (unpaired) electrons. The average molecular weight is 311 g/mol. The molecule has 118 valence electrons. The number of aromatic nitrogens is 1. The maximum atomic E-state index is 11.7. The molecule has 0 aliphatic heterocycles. The van der Waals surface area contributed by atoms with Gasteiger partial charge in [0.15, 0.2) is 23.8 Å². The first-order valence-electron chi connectivity index (χ1n) is 6.07. The van der Waals surface area contributed by atoms with Crippen molar-refractivity contribution >= 4 is 23.5 Å². The number of nitrogens with zero attached hydrogens (tertiary/aromatic N) is 1. The summed E-state index contributed by atoms with van der Waals surface area (Å²) in [7, 11) is 0. The Morgan fingerprint density at radius 1 is 0.864 bits per heavy atom. The fraction of sp³-hybridized carbons (Fsp3) is 0.308. The van der Waals surface area contributed by atoms with Crippen LogP contribution in [0.3, 0.4) is 0 Å². The first kappa shape index (κ1) is 17.4. The molecule has 0 bridgehead atoms. The van der Waals surface area contributed by atoms with E-state index in [9.17, 15) is 19.2 Å². The molecule has 0 saturated carbocycles. The van der Waals surface area contributed by atoms with E-state index < -0.39 is 48.6 Å². The fourth-order valence-corrected chi connectivity index (χ4v) is 1.48. The number of carbonyl (C=O) groups is 4. The van der Waals surface area contributed by atoms with Gasteiger partial charge in [0.2, 0.25) is 0 Å². The number of Topliss-reactive ketones (excluding diaryl/α,β-unsaturated/α-hetero) is 2. The summed E-state index contributed by atoms with van der Waals surface area (Å²) < 4.78 is 0. The zero-order valence-corrected chi connectivity index (χ0v) is 11.2. The topological polar surface area (TPSA) is 162 Å². The molecule has 1 aromatic rings. The summed E-state index contributed by atoms with van der Waals surface area (Å²) in [6.45, 7) is 0. The number of aliphatic hydroxyl groups excluding tert-OH is 2. The van der Waals surface area contributed by atoms with E-state index in [1.807, 2.05) is 0 Å². The molecule has 0 amide bonds. The summed E-state index contributed by atoms with van der Waals surface area (Å²) in [4.78, 5) is 48.1. The molecule has 2 unspecified atom stereocenters. The van der Waals surface area contributed by atoms with Gasteiger partial charge < -0.3 is 20.4 Å². The molecule has 0 aliphatic rings. The number of carboxylic acids is 2. The molecule has 0 aliphatic carbocycles. The molecule has 1 heterocycles. The van der Waals surface area contributed by atoms with Crippen LogP contribution in [-0.2, 0) is 9.59 Å². The highest BCUT2D eigenvalue weighted by atomic mass is 16.4. The molecule has 9 nitrogen and oxygen atoms in total. The number of carboxylic acid groups (broad SMARTS) is 2. The quantitative estimate of drug-likeness (QED) is 0.446. The minimum absolute atomic E-state index is 0.240. The monoisotopic (exact) mass is 311 g/mol. The molecule has 0 spiro atoms. The van der Waals surface area contributed by atoms with Crippen LogP contribution >= 0.6 is 0 Å². The van der Waals surface area contributed by atoms with Crippen molar-refractivity contribution in [3.63, 3.8) is 0 Å². The summed E-state index contributed by atoms with van der Waals surface area (Å²) in [5.41, 5.74) is -0.480. The summed E-state index contributed by atoms with van der Waals surface area (Å²) in [6, 6.07) is 3.75. The van der Waals surface area contributed by atoms with E-state index in [0.29, 0.717) is 0 Å². The lowest BCUT2D eigenvalue weighted by Gasteiger charge is -2.07. The van der Waals surface area contributed by atoms with Gasteiger partial charge in [0.25, 0.3) is 0 Å². The molecule has 0 fully saturated rings. The maximum absolute atomic E-state index is 11.7. The van der Waals surface area contributed by atoms with Gasteiger partial charge >= 0.3 is 11.9 Å². The normalized spacial score (nSPS) is 13.2. The number of ketones is 2. The maximum Gasteiger partial charge on any atom is 0.332 e. The van der Waals surface area contributed by atoms with Crippen molar-refractivity contribution in [2.24, 2.45) is 0 Å². The average Bonchev–Trinajstić information content (AvgIpc) is 2.46. The second-order valence-electron chi connectivity index (χ2n) is 4.37. The van der Waals surface area contributed by atoms with Crippen LogP contribution in [0.1, 0.15) is 33.8 Å². The number of hydrogen-bond donors (Lipinski definition) is 4. The highest BCUT2D eigenvalue weighted by molar-refractivity contribution is 6.00. The van der Waals surface area contributed by atoms with Crippen molar-refractivity contribution in [3.8, 4) is 0 Å². The molecule has 0 saturated heterocycles. The molecule has 4 N–H and O–H groups in total. The first-order valence-corrected chi connectivity index (χ1v) is 6.07. The summed E-state index contributed by atoms with van der Waals surface area (Å²) in [5.74, 6) is -4.71. The second kappa shape index (κ2) is 7.38. The first-order chi connectivity index (χ1) is 10.2. The standard InChI is InChI=1S/C13H13NO8/c15-8(4-10(17)12(19)20)6-2-1-3-7(14-6)9(16)5-11(18)13(21)22/h1-3,10-11,17-18H,4-5H2,(H,19,20)(H,21,22). The molecule has 2 atom stereocenters. The lowest BCUT2D eigenvalue weighted by Crippen LogP contribution is -2.25. The van der Waals surface area contributed by atoms with Gasteiger partial charge in [0.05, 0.1) is 0 Å². The second-order valence-corrected chi connectivity index (χ2v) is 4.37. The number of rotatable bonds is 8. The van der Waals surface area contributed by atoms with E-state index in [1.165, 1.54) is 18.2 Å². The minimum Gasteiger partial charge on any atom is -0.479 e. The smallest absolute Gasteiger partial charge is 0.332 e. The number of pyridine rings is 1. The van der Waals surface area contributed by atoms with Gasteiger partial charge in [-0.2, -0.15) is 0 Å². The van der Waals surface area contributed by atoms with Gasteiger partial charge in [-0.05, 0) is 12.1 Å². The van der Waals surface area contributed by atoms with Gasteiger partial charge in [-0.15, -0.1) is 0 Å². The lowest BCUT2D eigenvalue weighted by molar-refractivity contribution is -0.147. The van der Waals surface area contributed by atoms with E-state index in [2.05, 4.69) is 4.98 Å². The van der Waals surface area contributed by atoms with Crippen LogP contribution in [0, 0.1) is 0 Å². The molecule has 0 aromatic carbocycles. The predicted molar refractivity (Wildman–Crippen MR) is 69.4 cm³/mol. The molecular formula is C13H13NO8. The van der Waals surface area contributed by atoms with Crippen molar-refractivity contribution in [1.82, 2.24) is 4.98 Å². The van der Waals surface area contributed by atoms with Crippen LogP contribution < -0.4 is 0 Å². The van der Waals surface area contributed by atoms with E-state index in [-0.39, 0.29) is 11.4 Å². The number of carbonyl (C=O) groups excluding carboxylic acids is 2. The van der Waals surface area contributed by atoms with E-state index in [4.69, 9.17) is 20.4 Å². The van der Waals surface area contributed by atoms with Crippen LogP contribution in [0.5, 0.6) is 0 Å². The molecular weight excluding hydrogens is 298 g/mol. The molecule has 22 heavy (non-hydrogen) atoms. The number of aliphatic carboxylic acids is 2. The van der Waals surface area contributed by atoms with Crippen LogP contribution in [0.15, 0.2) is 18.2 Å². The van der Waals surface area contributed by atoms with E-state index in [0.717, 1.165) is 0 Å². The van der Waals surface area contributed by atoms with Crippen LogP contribution in [0.2, 0.25) is 0 Å². The Morgan fingerprint density at radius 3 is 1.55 bits per heavy atom. The van der Waals surface area contributed by atoms with Crippen LogP contribution in [0.4, 0.5) is 0 Å². The lowest BCUT2D eigenvalue weighted by atomic mass is 10.1. The zero-order chi connectivity index (χ0) is 16.9. The highest BCUT2D eigenvalue weighted by Gasteiger charge is 2.22. The van der Waals surface area contributed by atoms with E-state index >= 15 is 0 Å². The van der Waals surface area contributed by atoms with Crippen molar-refractivity contribution in [2.75, 3.05) is 0 Å². The highest BCUT2D eigenvalue weighted by Crippen LogP contribution is 2.08. The molecule has 9 heteroatoms. The third kappa shape index (κ3) is 4.72. The Morgan fingerprint density at radius 2 is 1.23 bits per heavy atom. The fourth-order valence-electron chi connectivity index (χ4n) is 1.48.